The summed E-state index contributed by atoms with van der Waals surface area (Å²) >= 11 is 0. The molecule has 2 aliphatic heterocycles. The molecule has 1 amide bonds. The van der Waals surface area contributed by atoms with Crippen molar-refractivity contribution in [2.75, 3.05) is 46.3 Å². The van der Waals surface area contributed by atoms with Crippen LogP contribution in [0, 0.1) is 0 Å². The van der Waals surface area contributed by atoms with Gasteiger partial charge >= 0.3 is 0 Å². The van der Waals surface area contributed by atoms with E-state index in [1.165, 1.54) is 6.42 Å². The zero-order valence-electron chi connectivity index (χ0n) is 16.9. The average molecular weight is 497 g/mol. The topological polar surface area (TPSA) is 60.0 Å². The Morgan fingerprint density at radius 2 is 2.07 bits per heavy atom. The van der Waals surface area contributed by atoms with E-state index in [4.69, 9.17) is 4.99 Å². The number of nitrogens with one attached hydrogen (secondary N) is 2. The van der Waals surface area contributed by atoms with Crippen LogP contribution < -0.4 is 10.6 Å². The van der Waals surface area contributed by atoms with Crippen molar-refractivity contribution in [2.45, 2.75) is 25.8 Å². The quantitative estimate of drug-likeness (QED) is 0.274. The van der Waals surface area contributed by atoms with Gasteiger partial charge in [0.05, 0.1) is 0 Å². The smallest absolute Gasteiger partial charge is 0.251 e. The molecule has 0 spiro atoms. The van der Waals surface area contributed by atoms with Crippen molar-refractivity contribution >= 4 is 35.8 Å². The van der Waals surface area contributed by atoms with Crippen LogP contribution in [0.25, 0.3) is 0 Å². The van der Waals surface area contributed by atoms with E-state index >= 15 is 0 Å². The van der Waals surface area contributed by atoms with Crippen LogP contribution in [0.5, 0.6) is 0 Å². The number of aliphatic imine (C=N–C) groups is 1. The summed E-state index contributed by atoms with van der Waals surface area (Å²) in [6.45, 7) is 7.95. The van der Waals surface area contributed by atoms with Gasteiger partial charge in [-0.25, -0.2) is 0 Å². The van der Waals surface area contributed by atoms with Crippen molar-refractivity contribution in [2.24, 2.45) is 4.99 Å². The van der Waals surface area contributed by atoms with Gasteiger partial charge in [0.15, 0.2) is 5.96 Å². The summed E-state index contributed by atoms with van der Waals surface area (Å²) in [5.41, 5.74) is 1.84. The summed E-state index contributed by atoms with van der Waals surface area (Å²) < 4.78 is 0. The molecule has 0 aliphatic carbocycles. The number of guanidine groups is 1. The highest BCUT2D eigenvalue weighted by atomic mass is 127. The first-order valence-corrected chi connectivity index (χ1v) is 9.94. The van der Waals surface area contributed by atoms with Crippen LogP contribution in [0.3, 0.4) is 0 Å². The second kappa shape index (κ2) is 11.4. The van der Waals surface area contributed by atoms with E-state index in [1.807, 2.05) is 18.2 Å². The first kappa shape index (κ1) is 22.7. The molecule has 28 heavy (non-hydrogen) atoms. The Morgan fingerprint density at radius 3 is 2.79 bits per heavy atom. The van der Waals surface area contributed by atoms with E-state index < -0.39 is 0 Å². The summed E-state index contributed by atoms with van der Waals surface area (Å²) in [5.74, 6) is 0.961. The maximum Gasteiger partial charge on any atom is 0.251 e. The van der Waals surface area contributed by atoms with E-state index in [9.17, 15) is 4.79 Å². The Morgan fingerprint density at radius 1 is 1.29 bits per heavy atom. The van der Waals surface area contributed by atoms with Gasteiger partial charge in [-0.1, -0.05) is 24.3 Å². The first-order chi connectivity index (χ1) is 13.2. The van der Waals surface area contributed by atoms with Gasteiger partial charge in [0, 0.05) is 57.9 Å². The van der Waals surface area contributed by atoms with Gasteiger partial charge in [-0.05, 0) is 37.5 Å². The SMILES string of the molecule is CCNC(=NCCc1cccc(C(=O)NC)c1)N1CCC(N2CC=CC2)C1.I. The lowest BCUT2D eigenvalue weighted by atomic mass is 10.1. The number of carbonyl (C=O) groups is 1. The molecule has 3 rings (SSSR count). The predicted molar refractivity (Wildman–Crippen MR) is 126 cm³/mol. The molecule has 7 heteroatoms. The molecular formula is C21H32IN5O. The fourth-order valence-corrected chi connectivity index (χ4v) is 3.75. The van der Waals surface area contributed by atoms with E-state index in [1.54, 1.807) is 7.05 Å². The highest BCUT2D eigenvalue weighted by Crippen LogP contribution is 2.18. The van der Waals surface area contributed by atoms with Crippen molar-refractivity contribution in [1.29, 1.82) is 0 Å². The number of hydrogen-bond donors (Lipinski definition) is 2. The van der Waals surface area contributed by atoms with Crippen LogP contribution in [-0.4, -0.2) is 74.0 Å². The fourth-order valence-electron chi connectivity index (χ4n) is 3.75. The molecule has 1 fully saturated rings. The molecule has 1 atom stereocenters. The third kappa shape index (κ3) is 5.94. The summed E-state index contributed by atoms with van der Waals surface area (Å²) in [6.07, 6.45) is 6.54. The molecule has 0 saturated carbocycles. The molecule has 2 heterocycles. The molecule has 0 bridgehead atoms. The molecular weight excluding hydrogens is 465 g/mol. The number of hydrogen-bond acceptors (Lipinski definition) is 3. The first-order valence-electron chi connectivity index (χ1n) is 9.94. The van der Waals surface area contributed by atoms with Gasteiger partial charge in [-0.3, -0.25) is 14.7 Å². The molecule has 1 aromatic rings. The number of carbonyl (C=O) groups excluding carboxylic acids is 1. The standard InChI is InChI=1S/C21H31N5O.HI/c1-3-23-21(26-14-10-19(16-26)25-12-4-5-13-25)24-11-9-17-7-6-8-18(15-17)20(27)22-2;/h4-8,15,19H,3,9-14,16H2,1-2H3,(H,22,27)(H,23,24);1H. The molecule has 1 saturated heterocycles. The third-order valence-electron chi connectivity index (χ3n) is 5.24. The van der Waals surface area contributed by atoms with Gasteiger partial charge in [0.2, 0.25) is 0 Å². The molecule has 2 N–H and O–H groups in total. The van der Waals surface area contributed by atoms with E-state index in [0.717, 1.165) is 50.7 Å². The zero-order valence-corrected chi connectivity index (χ0v) is 19.2. The van der Waals surface area contributed by atoms with Crippen molar-refractivity contribution in [3.05, 3.63) is 47.5 Å². The maximum absolute atomic E-state index is 11.8. The Kier molecular flexibility index (Phi) is 9.24. The summed E-state index contributed by atoms with van der Waals surface area (Å²) in [6, 6.07) is 8.40. The molecule has 2 aliphatic rings. The van der Waals surface area contributed by atoms with Crippen molar-refractivity contribution in [3.63, 3.8) is 0 Å². The molecule has 6 nitrogen and oxygen atoms in total. The van der Waals surface area contributed by atoms with Gasteiger partial charge < -0.3 is 15.5 Å². The van der Waals surface area contributed by atoms with Crippen LogP contribution in [0.4, 0.5) is 0 Å². The number of amides is 1. The Labute approximate surface area is 185 Å². The van der Waals surface area contributed by atoms with E-state index in [-0.39, 0.29) is 29.9 Å². The lowest BCUT2D eigenvalue weighted by Crippen LogP contribution is -2.43. The van der Waals surface area contributed by atoms with Crippen LogP contribution in [0.15, 0.2) is 41.4 Å². The van der Waals surface area contributed by atoms with E-state index in [2.05, 4.69) is 45.6 Å². The van der Waals surface area contributed by atoms with Gasteiger partial charge in [0.1, 0.15) is 0 Å². The van der Waals surface area contributed by atoms with Crippen LogP contribution >= 0.6 is 24.0 Å². The molecule has 0 radical (unpaired) electrons. The van der Waals surface area contributed by atoms with Gasteiger partial charge in [-0.2, -0.15) is 0 Å². The third-order valence-corrected chi connectivity index (χ3v) is 5.24. The van der Waals surface area contributed by atoms with Gasteiger partial charge in [0.25, 0.3) is 5.91 Å². The molecule has 154 valence electrons. The van der Waals surface area contributed by atoms with Gasteiger partial charge in [-0.15, -0.1) is 24.0 Å². The van der Waals surface area contributed by atoms with Crippen LogP contribution in [-0.2, 0) is 6.42 Å². The normalized spacial score (nSPS) is 19.6. The Bertz CT molecular complexity index is 698. The largest absolute Gasteiger partial charge is 0.357 e. The van der Waals surface area contributed by atoms with Crippen LogP contribution in [0.2, 0.25) is 0 Å². The van der Waals surface area contributed by atoms with Crippen molar-refractivity contribution in [3.8, 4) is 0 Å². The number of rotatable bonds is 6. The predicted octanol–water partition coefficient (Wildman–Crippen LogP) is 2.12. The summed E-state index contributed by atoms with van der Waals surface area (Å²) in [5, 5.41) is 6.11. The Hall–Kier alpha value is -1.61. The zero-order chi connectivity index (χ0) is 19.1. The lowest BCUT2D eigenvalue weighted by molar-refractivity contribution is 0.0963. The molecule has 0 aromatic heterocycles. The van der Waals surface area contributed by atoms with Crippen LogP contribution in [0.1, 0.15) is 29.3 Å². The summed E-state index contributed by atoms with van der Waals surface area (Å²) in [4.78, 5) is 21.5. The highest BCUT2D eigenvalue weighted by molar-refractivity contribution is 14.0. The van der Waals surface area contributed by atoms with Crippen molar-refractivity contribution in [1.82, 2.24) is 20.4 Å². The minimum absolute atomic E-state index is 0. The van der Waals surface area contributed by atoms with E-state index in [0.29, 0.717) is 18.2 Å². The van der Waals surface area contributed by atoms with Crippen molar-refractivity contribution < 1.29 is 4.79 Å². The minimum Gasteiger partial charge on any atom is -0.357 e. The molecule has 1 unspecified atom stereocenters. The second-order valence-corrected chi connectivity index (χ2v) is 7.08. The lowest BCUT2D eigenvalue weighted by Gasteiger charge is -2.25. The minimum atomic E-state index is -0.0480. The number of nitrogens with zero attached hydrogens (tertiary/aromatic N) is 3. The maximum atomic E-state index is 11.8. The monoisotopic (exact) mass is 497 g/mol. The number of halogens is 1. The average Bonchev–Trinajstić information content (AvgIpc) is 3.38. The number of benzene rings is 1. The Balaban J connectivity index is 0.00000280. The molecule has 1 aromatic carbocycles. The highest BCUT2D eigenvalue weighted by Gasteiger charge is 2.29. The number of likely N-dealkylation sites (tertiary alicyclic amines) is 1. The summed E-state index contributed by atoms with van der Waals surface area (Å²) in [7, 11) is 1.66. The fraction of sp³-hybridized carbons (Fsp3) is 0.524. The second-order valence-electron chi connectivity index (χ2n) is 7.08.